The zero-order valence-electron chi connectivity index (χ0n) is 18.6. The molecule has 166 valence electrons. The van der Waals surface area contributed by atoms with E-state index in [1.165, 1.54) is 18.2 Å². The molecule has 0 aromatic heterocycles. The molecule has 0 saturated carbocycles. The molecule has 8 heteroatoms. The predicted octanol–water partition coefficient (Wildman–Crippen LogP) is 4.54. The number of amides is 2. The number of sulfonamides is 1. The van der Waals surface area contributed by atoms with Crippen LogP contribution in [0.25, 0.3) is 0 Å². The molecule has 0 aliphatic heterocycles. The Kier molecular flexibility index (Phi) is 7.14. The van der Waals surface area contributed by atoms with Crippen molar-refractivity contribution >= 4 is 21.7 Å². The van der Waals surface area contributed by atoms with Gasteiger partial charge in [-0.05, 0) is 66.6 Å². The van der Waals surface area contributed by atoms with Gasteiger partial charge in [-0.3, -0.25) is 0 Å². The summed E-state index contributed by atoms with van der Waals surface area (Å²) in [6, 6.07) is 10.4. The van der Waals surface area contributed by atoms with E-state index < -0.39 is 21.7 Å². The van der Waals surface area contributed by atoms with Gasteiger partial charge in [0.05, 0.1) is 22.1 Å². The largest absolute Gasteiger partial charge is 0.386 e. The van der Waals surface area contributed by atoms with Gasteiger partial charge in [0.25, 0.3) is 10.0 Å². The molecule has 3 N–H and O–H groups in total. The highest BCUT2D eigenvalue weighted by atomic mass is 32.2. The molecule has 2 aromatic carbocycles. The first-order valence-electron chi connectivity index (χ1n) is 10.0. The van der Waals surface area contributed by atoms with Crippen LogP contribution in [0.5, 0.6) is 0 Å². The van der Waals surface area contributed by atoms with E-state index in [2.05, 4.69) is 11.4 Å². The van der Waals surface area contributed by atoms with Gasteiger partial charge < -0.3 is 10.4 Å². The maximum atomic E-state index is 12.8. The molecule has 0 saturated heterocycles. The summed E-state index contributed by atoms with van der Waals surface area (Å²) >= 11 is 0. The van der Waals surface area contributed by atoms with Crippen LogP contribution in [0.3, 0.4) is 0 Å². The van der Waals surface area contributed by atoms with E-state index in [0.29, 0.717) is 16.8 Å². The monoisotopic (exact) mass is 443 g/mol. The smallest absolute Gasteiger partial charge is 0.333 e. The third-order valence-electron chi connectivity index (χ3n) is 4.89. The highest BCUT2D eigenvalue weighted by Crippen LogP contribution is 2.34. The number of hydrogen-bond donors (Lipinski definition) is 3. The van der Waals surface area contributed by atoms with Gasteiger partial charge in [-0.2, -0.15) is 5.26 Å². The average molecular weight is 444 g/mol. The van der Waals surface area contributed by atoms with Crippen LogP contribution in [-0.2, 0) is 15.6 Å². The fourth-order valence-corrected chi connectivity index (χ4v) is 4.12. The molecule has 0 fully saturated rings. The van der Waals surface area contributed by atoms with E-state index in [4.69, 9.17) is 0 Å². The Morgan fingerprint density at radius 2 is 1.61 bits per heavy atom. The summed E-state index contributed by atoms with van der Waals surface area (Å²) in [5.74, 6) is 0.00217. The number of hydrogen-bond acceptors (Lipinski definition) is 5. The van der Waals surface area contributed by atoms with E-state index in [1.54, 1.807) is 32.0 Å². The van der Waals surface area contributed by atoms with Crippen LogP contribution in [-0.4, -0.2) is 19.6 Å². The van der Waals surface area contributed by atoms with Gasteiger partial charge in [0.2, 0.25) is 0 Å². The van der Waals surface area contributed by atoms with Crippen molar-refractivity contribution < 1.29 is 18.3 Å². The fourth-order valence-electron chi connectivity index (χ4n) is 3.17. The molecule has 0 spiro atoms. The number of nitrogens with zero attached hydrogens (tertiary/aromatic N) is 1. The second-order valence-electron chi connectivity index (χ2n) is 8.60. The van der Waals surface area contributed by atoms with E-state index in [9.17, 15) is 23.6 Å². The molecule has 2 aromatic rings. The van der Waals surface area contributed by atoms with Crippen molar-refractivity contribution in [3.8, 4) is 6.07 Å². The Morgan fingerprint density at radius 1 is 1.06 bits per heavy atom. The fraction of sp³-hybridized carbons (Fsp3) is 0.391. The number of carbonyl (C=O) groups is 1. The minimum absolute atomic E-state index is 0.00109. The van der Waals surface area contributed by atoms with Crippen molar-refractivity contribution in [1.29, 1.82) is 5.26 Å². The van der Waals surface area contributed by atoms with E-state index in [-0.39, 0.29) is 16.7 Å². The first-order chi connectivity index (χ1) is 14.3. The van der Waals surface area contributed by atoms with Crippen LogP contribution in [0.4, 0.5) is 10.5 Å². The zero-order valence-corrected chi connectivity index (χ0v) is 19.5. The number of nitrogens with one attached hydrogen (secondary N) is 2. The van der Waals surface area contributed by atoms with E-state index in [1.807, 2.05) is 32.4 Å². The first kappa shape index (κ1) is 24.4. The van der Waals surface area contributed by atoms with Gasteiger partial charge in [0.15, 0.2) is 0 Å². The van der Waals surface area contributed by atoms with Crippen molar-refractivity contribution in [2.45, 2.75) is 63.9 Å². The topological polar surface area (TPSA) is 119 Å². The molecule has 7 nitrogen and oxygen atoms in total. The van der Waals surface area contributed by atoms with Crippen LogP contribution >= 0.6 is 0 Å². The van der Waals surface area contributed by atoms with Crippen molar-refractivity contribution in [3.05, 3.63) is 58.7 Å². The lowest BCUT2D eigenvalue weighted by Crippen LogP contribution is -2.35. The first-order valence-corrected chi connectivity index (χ1v) is 11.5. The maximum Gasteiger partial charge on any atom is 0.333 e. The lowest BCUT2D eigenvalue weighted by Gasteiger charge is -2.21. The third-order valence-corrected chi connectivity index (χ3v) is 6.22. The standard InChI is InChI=1S/C23H29N3O4S/c1-14(2)19-10-16(13-24)11-20(15(3)4)21(19)25-22(27)26-31(29,30)18-9-7-8-17(12-18)23(5,6)28/h7-12,14-15,28H,1-6H3,(H2,25,26,27). The number of nitriles is 1. The highest BCUT2D eigenvalue weighted by molar-refractivity contribution is 7.90. The van der Waals surface area contributed by atoms with Gasteiger partial charge in [-0.1, -0.05) is 39.8 Å². The SMILES string of the molecule is CC(C)c1cc(C#N)cc(C(C)C)c1NC(=O)NS(=O)(=O)c1cccc(C(C)(C)O)c1. The molecular weight excluding hydrogens is 414 g/mol. The average Bonchev–Trinajstić information content (AvgIpc) is 2.66. The van der Waals surface area contributed by atoms with Gasteiger partial charge in [-0.15, -0.1) is 0 Å². The molecule has 31 heavy (non-hydrogen) atoms. The number of urea groups is 1. The molecule has 0 aliphatic rings. The van der Waals surface area contributed by atoms with Crippen LogP contribution in [0.2, 0.25) is 0 Å². The van der Waals surface area contributed by atoms with Gasteiger partial charge in [-0.25, -0.2) is 17.9 Å². The normalized spacial score (nSPS) is 12.0. The molecule has 0 atom stereocenters. The lowest BCUT2D eigenvalue weighted by molar-refractivity contribution is 0.0784. The van der Waals surface area contributed by atoms with Crippen LogP contribution in [0, 0.1) is 11.3 Å². The summed E-state index contributed by atoms with van der Waals surface area (Å²) in [6.45, 7) is 10.8. The van der Waals surface area contributed by atoms with Crippen LogP contribution in [0.1, 0.15) is 75.6 Å². The quantitative estimate of drug-likeness (QED) is 0.605. The summed E-state index contributed by atoms with van der Waals surface area (Å²) in [5.41, 5.74) is 1.66. The van der Waals surface area contributed by atoms with Crippen LogP contribution < -0.4 is 10.0 Å². The van der Waals surface area contributed by atoms with Crippen molar-refractivity contribution in [3.63, 3.8) is 0 Å². The van der Waals surface area contributed by atoms with Crippen molar-refractivity contribution in [1.82, 2.24) is 4.72 Å². The second kappa shape index (κ2) is 9.08. The Hall–Kier alpha value is -2.89. The zero-order chi connectivity index (χ0) is 23.6. The predicted molar refractivity (Wildman–Crippen MR) is 120 cm³/mol. The van der Waals surface area contributed by atoms with Crippen molar-refractivity contribution in [2.75, 3.05) is 5.32 Å². The Balaban J connectivity index is 2.39. The number of anilines is 1. The van der Waals surface area contributed by atoms with Gasteiger partial charge >= 0.3 is 6.03 Å². The minimum atomic E-state index is -4.17. The van der Waals surface area contributed by atoms with E-state index >= 15 is 0 Å². The number of benzene rings is 2. The molecule has 2 rings (SSSR count). The molecule has 0 radical (unpaired) electrons. The lowest BCUT2D eigenvalue weighted by atomic mass is 9.90. The summed E-state index contributed by atoms with van der Waals surface area (Å²) in [4.78, 5) is 12.5. The highest BCUT2D eigenvalue weighted by Gasteiger charge is 2.24. The van der Waals surface area contributed by atoms with Gasteiger partial charge in [0.1, 0.15) is 0 Å². The number of carbonyl (C=O) groups excluding carboxylic acids is 1. The molecule has 0 aliphatic carbocycles. The third kappa shape index (κ3) is 5.84. The van der Waals surface area contributed by atoms with Crippen LogP contribution in [0.15, 0.2) is 41.3 Å². The van der Waals surface area contributed by atoms with E-state index in [0.717, 1.165) is 11.1 Å². The Bertz CT molecular complexity index is 1100. The van der Waals surface area contributed by atoms with Crippen molar-refractivity contribution in [2.24, 2.45) is 0 Å². The molecule has 0 unspecified atom stereocenters. The summed E-state index contributed by atoms with van der Waals surface area (Å²) in [7, 11) is -4.17. The maximum absolute atomic E-state index is 12.8. The minimum Gasteiger partial charge on any atom is -0.386 e. The number of rotatable bonds is 6. The van der Waals surface area contributed by atoms with Gasteiger partial charge in [0, 0.05) is 5.69 Å². The Labute approximate surface area is 184 Å². The Morgan fingerprint density at radius 3 is 2.06 bits per heavy atom. The number of aliphatic hydroxyl groups is 1. The molecule has 0 bridgehead atoms. The summed E-state index contributed by atoms with van der Waals surface area (Å²) < 4.78 is 27.5. The summed E-state index contributed by atoms with van der Waals surface area (Å²) in [6.07, 6.45) is 0. The second-order valence-corrected chi connectivity index (χ2v) is 10.3. The molecule has 0 heterocycles. The summed E-state index contributed by atoms with van der Waals surface area (Å²) in [5, 5.41) is 22.2. The molecular formula is C23H29N3O4S. The molecule has 2 amide bonds.